The van der Waals surface area contributed by atoms with Gasteiger partial charge in [0, 0.05) is 25.6 Å². The SMILES string of the molecule is COC(=O)[C@H](CNC(=O)C[C@H](CCCNC(=O)OC(C)(C)C)NC(=O)OC(C)(C)C)NC(=O)OCc1ccccc1. The zero-order chi connectivity index (χ0) is 31.1. The molecule has 0 heterocycles. The third-order valence-corrected chi connectivity index (χ3v) is 5.04. The van der Waals surface area contributed by atoms with Gasteiger partial charge in [0.2, 0.25) is 5.91 Å². The molecule has 0 unspecified atom stereocenters. The van der Waals surface area contributed by atoms with Gasteiger partial charge in [0.25, 0.3) is 0 Å². The molecule has 41 heavy (non-hydrogen) atoms. The van der Waals surface area contributed by atoms with Crippen LogP contribution in [0.1, 0.15) is 66.4 Å². The predicted molar refractivity (Wildman–Crippen MR) is 150 cm³/mol. The quantitative estimate of drug-likeness (QED) is 0.155. The maximum absolute atomic E-state index is 12.7. The van der Waals surface area contributed by atoms with Gasteiger partial charge in [-0.1, -0.05) is 30.3 Å². The molecule has 13 nitrogen and oxygen atoms in total. The summed E-state index contributed by atoms with van der Waals surface area (Å²) in [6.45, 7) is 10.4. The Morgan fingerprint density at radius 2 is 1.41 bits per heavy atom. The van der Waals surface area contributed by atoms with E-state index in [1.54, 1.807) is 65.8 Å². The zero-order valence-electron chi connectivity index (χ0n) is 25.0. The van der Waals surface area contributed by atoms with Crippen LogP contribution in [0.4, 0.5) is 14.4 Å². The maximum Gasteiger partial charge on any atom is 0.408 e. The molecule has 230 valence electrons. The number of hydrogen-bond donors (Lipinski definition) is 4. The Kier molecular flexibility index (Phi) is 14.5. The van der Waals surface area contributed by atoms with Crippen molar-refractivity contribution in [2.75, 3.05) is 20.2 Å². The fourth-order valence-corrected chi connectivity index (χ4v) is 3.31. The second-order valence-electron chi connectivity index (χ2n) is 11.2. The molecule has 0 radical (unpaired) electrons. The summed E-state index contributed by atoms with van der Waals surface area (Å²) in [5, 5.41) is 10.3. The van der Waals surface area contributed by atoms with Crippen LogP contribution in [-0.2, 0) is 35.1 Å². The van der Waals surface area contributed by atoms with E-state index in [0.717, 1.165) is 12.7 Å². The Balaban J connectivity index is 2.68. The normalized spacial score (nSPS) is 12.7. The van der Waals surface area contributed by atoms with Gasteiger partial charge in [-0.15, -0.1) is 0 Å². The third kappa shape index (κ3) is 17.3. The van der Waals surface area contributed by atoms with Crippen molar-refractivity contribution >= 4 is 30.2 Å². The molecule has 4 amide bonds. The highest BCUT2D eigenvalue weighted by Crippen LogP contribution is 2.10. The Morgan fingerprint density at radius 3 is 2.00 bits per heavy atom. The summed E-state index contributed by atoms with van der Waals surface area (Å²) in [4.78, 5) is 61.4. The number of rotatable bonds is 13. The topological polar surface area (TPSA) is 170 Å². The van der Waals surface area contributed by atoms with Crippen molar-refractivity contribution < 1.29 is 42.9 Å². The molecule has 1 aromatic rings. The molecule has 0 saturated heterocycles. The van der Waals surface area contributed by atoms with E-state index in [2.05, 4.69) is 21.3 Å². The summed E-state index contributed by atoms with van der Waals surface area (Å²) in [5.41, 5.74) is -0.627. The Bertz CT molecular complexity index is 1000. The van der Waals surface area contributed by atoms with E-state index in [1.807, 2.05) is 6.07 Å². The maximum atomic E-state index is 12.7. The minimum Gasteiger partial charge on any atom is -0.467 e. The molecule has 0 aliphatic carbocycles. The minimum absolute atomic E-state index is 0.00623. The van der Waals surface area contributed by atoms with Crippen LogP contribution in [0.2, 0.25) is 0 Å². The molecular weight excluding hydrogens is 536 g/mol. The van der Waals surface area contributed by atoms with Gasteiger partial charge in [-0.25, -0.2) is 19.2 Å². The van der Waals surface area contributed by atoms with E-state index >= 15 is 0 Å². The summed E-state index contributed by atoms with van der Waals surface area (Å²) >= 11 is 0. The minimum atomic E-state index is -1.21. The molecule has 1 rings (SSSR count). The zero-order valence-corrected chi connectivity index (χ0v) is 25.0. The first-order valence-corrected chi connectivity index (χ1v) is 13.4. The molecule has 2 atom stereocenters. The van der Waals surface area contributed by atoms with Crippen LogP contribution in [0.15, 0.2) is 30.3 Å². The second kappa shape index (κ2) is 16.9. The number of ether oxygens (including phenoxy) is 4. The van der Waals surface area contributed by atoms with Gasteiger partial charge in [-0.2, -0.15) is 0 Å². The first-order valence-electron chi connectivity index (χ1n) is 13.4. The number of esters is 1. The molecule has 0 aliphatic heterocycles. The molecule has 13 heteroatoms. The van der Waals surface area contributed by atoms with Crippen LogP contribution >= 0.6 is 0 Å². The summed E-state index contributed by atoms with van der Waals surface area (Å²) in [6.07, 6.45) is -1.54. The van der Waals surface area contributed by atoms with Gasteiger partial charge in [-0.3, -0.25) is 4.79 Å². The average molecular weight is 581 g/mol. The summed E-state index contributed by atoms with van der Waals surface area (Å²) < 4.78 is 20.4. The highest BCUT2D eigenvalue weighted by Gasteiger charge is 2.25. The molecular formula is C28H44N4O9. The summed E-state index contributed by atoms with van der Waals surface area (Å²) in [6, 6.07) is 7.13. The molecule has 0 saturated carbocycles. The number of alkyl carbamates (subject to hydrolysis) is 3. The highest BCUT2D eigenvalue weighted by molar-refractivity contribution is 5.83. The van der Waals surface area contributed by atoms with Crippen molar-refractivity contribution in [1.82, 2.24) is 21.3 Å². The lowest BCUT2D eigenvalue weighted by Gasteiger charge is -2.24. The van der Waals surface area contributed by atoms with Crippen molar-refractivity contribution in [3.8, 4) is 0 Å². The first kappa shape index (κ1) is 35.0. The van der Waals surface area contributed by atoms with Crippen molar-refractivity contribution in [2.45, 2.75) is 90.7 Å². The van der Waals surface area contributed by atoms with Gasteiger partial charge in [0.15, 0.2) is 0 Å². The molecule has 0 fully saturated rings. The second-order valence-corrected chi connectivity index (χ2v) is 11.2. The van der Waals surface area contributed by atoms with Crippen molar-refractivity contribution in [2.24, 2.45) is 0 Å². The summed E-state index contributed by atoms with van der Waals surface area (Å²) in [7, 11) is 1.15. The van der Waals surface area contributed by atoms with Crippen LogP contribution in [0.25, 0.3) is 0 Å². The largest absolute Gasteiger partial charge is 0.467 e. The van der Waals surface area contributed by atoms with E-state index in [0.29, 0.717) is 12.8 Å². The molecule has 0 aliphatic rings. The number of amides is 4. The first-order chi connectivity index (χ1) is 19.1. The van der Waals surface area contributed by atoms with E-state index < -0.39 is 53.4 Å². The number of nitrogens with one attached hydrogen (secondary N) is 4. The fourth-order valence-electron chi connectivity index (χ4n) is 3.31. The molecule has 0 bridgehead atoms. The van der Waals surface area contributed by atoms with E-state index in [4.69, 9.17) is 18.9 Å². The van der Waals surface area contributed by atoms with Crippen LogP contribution < -0.4 is 21.3 Å². The van der Waals surface area contributed by atoms with Crippen LogP contribution in [0.5, 0.6) is 0 Å². The predicted octanol–water partition coefficient (Wildman–Crippen LogP) is 3.16. The smallest absolute Gasteiger partial charge is 0.408 e. The van der Waals surface area contributed by atoms with E-state index in [-0.39, 0.29) is 26.1 Å². The Morgan fingerprint density at radius 1 is 0.805 bits per heavy atom. The van der Waals surface area contributed by atoms with Crippen molar-refractivity contribution in [3.63, 3.8) is 0 Å². The average Bonchev–Trinajstić information content (AvgIpc) is 2.85. The van der Waals surface area contributed by atoms with Crippen LogP contribution in [0.3, 0.4) is 0 Å². The van der Waals surface area contributed by atoms with Gasteiger partial charge in [0.05, 0.1) is 7.11 Å². The lowest BCUT2D eigenvalue weighted by Crippen LogP contribution is -2.50. The number of benzene rings is 1. The molecule has 0 aromatic heterocycles. The Hall–Kier alpha value is -4.03. The van der Waals surface area contributed by atoms with Crippen LogP contribution in [0, 0.1) is 0 Å². The number of methoxy groups -OCH3 is 1. The summed E-state index contributed by atoms with van der Waals surface area (Å²) in [5.74, 6) is -1.28. The van der Waals surface area contributed by atoms with Gasteiger partial charge in [0.1, 0.15) is 23.9 Å². The molecule has 0 spiro atoms. The number of carbonyl (C=O) groups is 5. The van der Waals surface area contributed by atoms with E-state index in [1.165, 1.54) is 0 Å². The van der Waals surface area contributed by atoms with Crippen LogP contribution in [-0.4, -0.2) is 73.6 Å². The Labute approximate surface area is 241 Å². The van der Waals surface area contributed by atoms with Crippen molar-refractivity contribution in [3.05, 3.63) is 35.9 Å². The lowest BCUT2D eigenvalue weighted by atomic mass is 10.1. The molecule has 4 N–H and O–H groups in total. The lowest BCUT2D eigenvalue weighted by molar-refractivity contribution is -0.143. The standard InChI is InChI=1S/C28H44N4O9/c1-27(2,3)40-24(35)29-15-11-14-20(31-26(37)41-28(4,5)6)16-22(33)30-17-21(23(34)38-7)32-25(36)39-18-19-12-9-8-10-13-19/h8-10,12-13,20-21H,11,14-18H2,1-7H3,(H,29,35)(H,30,33)(H,31,37)(H,32,36)/t20-,21-/m0/s1. The van der Waals surface area contributed by atoms with Gasteiger partial charge in [-0.05, 0) is 59.9 Å². The monoisotopic (exact) mass is 580 g/mol. The third-order valence-electron chi connectivity index (χ3n) is 5.04. The molecule has 1 aromatic carbocycles. The van der Waals surface area contributed by atoms with Crippen molar-refractivity contribution in [1.29, 1.82) is 0 Å². The number of carbonyl (C=O) groups excluding carboxylic acids is 5. The number of hydrogen-bond acceptors (Lipinski definition) is 9. The van der Waals surface area contributed by atoms with Gasteiger partial charge < -0.3 is 40.2 Å². The van der Waals surface area contributed by atoms with Gasteiger partial charge >= 0.3 is 24.2 Å². The fraction of sp³-hybridized carbons (Fsp3) is 0.607. The highest BCUT2D eigenvalue weighted by atomic mass is 16.6. The van der Waals surface area contributed by atoms with E-state index in [9.17, 15) is 24.0 Å².